The van der Waals surface area contributed by atoms with Gasteiger partial charge in [0.05, 0.1) is 0 Å². The van der Waals surface area contributed by atoms with Gasteiger partial charge in [-0.25, -0.2) is 0 Å². The van der Waals surface area contributed by atoms with Crippen molar-refractivity contribution in [2.45, 2.75) is 42.0 Å². The molecule has 0 rings (SSSR count). The average molecular weight is 325 g/mol. The van der Waals surface area contributed by atoms with E-state index >= 15 is 0 Å². The van der Waals surface area contributed by atoms with Gasteiger partial charge in [0, 0.05) is 0 Å². The molecule has 0 bridgehead atoms. The van der Waals surface area contributed by atoms with Crippen molar-refractivity contribution in [2.24, 2.45) is 11.5 Å². The Kier molecular flexibility index (Phi) is 7.77. The van der Waals surface area contributed by atoms with Crippen LogP contribution in [0, 0.1) is 0 Å². The second-order valence-corrected chi connectivity index (χ2v) is 6.03. The van der Waals surface area contributed by atoms with Gasteiger partial charge in [0.1, 0.15) is 0 Å². The first-order valence-corrected chi connectivity index (χ1v) is 8.02. The minimum atomic E-state index is -1.16. The molecule has 8 heteroatoms. The van der Waals surface area contributed by atoms with Gasteiger partial charge in [0.2, 0.25) is 0 Å². The van der Waals surface area contributed by atoms with Crippen LogP contribution >= 0.6 is 0 Å². The first-order chi connectivity index (χ1) is 8.29. The molecule has 7 nitrogen and oxygen atoms in total. The third kappa shape index (κ3) is 6.11. The fraction of sp³-hybridized carbons (Fsp3) is 0.700. The number of carboxylic acid groups (broad SMARTS) is 2. The quantitative estimate of drug-likeness (QED) is 0.402. The number of Topliss-reactive ketones (excluding diaryl/α,β-unsaturated/α-hetero) is 1. The summed E-state index contributed by atoms with van der Waals surface area (Å²) in [5.41, 5.74) is 11.0. The van der Waals surface area contributed by atoms with Gasteiger partial charge in [-0.15, -0.1) is 0 Å². The number of carboxylic acids is 2. The number of carbonyl (C=O) groups is 3. The minimum absolute atomic E-state index is 0.0471. The molecular weight excluding hydrogens is 307 g/mol. The summed E-state index contributed by atoms with van der Waals surface area (Å²) in [5.74, 6) is -0.667. The Labute approximate surface area is 111 Å². The van der Waals surface area contributed by atoms with Crippen molar-refractivity contribution < 1.29 is 24.6 Å². The zero-order valence-electron chi connectivity index (χ0n) is 10.0. The van der Waals surface area contributed by atoms with E-state index in [1.807, 2.05) is 0 Å². The van der Waals surface area contributed by atoms with Crippen LogP contribution in [0.25, 0.3) is 0 Å². The number of hydrogen-bond acceptors (Lipinski definition) is 5. The molecule has 6 N–H and O–H groups in total. The monoisotopic (exact) mass is 326 g/mol. The number of ketones is 1. The molecule has 0 aromatic heterocycles. The maximum absolute atomic E-state index is 11.9. The molecule has 3 atom stereocenters. The molecule has 0 aromatic carbocycles. The number of rotatable bonds is 9. The topological polar surface area (TPSA) is 144 Å². The second kappa shape index (κ2) is 8.20. The molecule has 0 radical (unpaired) electrons. The molecule has 0 spiro atoms. The van der Waals surface area contributed by atoms with Crippen molar-refractivity contribution in [1.29, 1.82) is 0 Å². The molecule has 0 heterocycles. The van der Waals surface area contributed by atoms with E-state index in [-0.39, 0.29) is 40.0 Å². The third-order valence-electron chi connectivity index (χ3n) is 2.42. The van der Waals surface area contributed by atoms with Crippen LogP contribution in [0.2, 0.25) is 10.6 Å². The van der Waals surface area contributed by atoms with Crippen LogP contribution in [0.3, 0.4) is 0 Å². The summed E-state index contributed by atoms with van der Waals surface area (Å²) in [5, 5.41) is 17.2. The Morgan fingerprint density at radius 2 is 1.72 bits per heavy atom. The van der Waals surface area contributed by atoms with Crippen molar-refractivity contribution >= 4 is 32.7 Å². The molecule has 104 valence electrons. The van der Waals surface area contributed by atoms with E-state index in [0.717, 1.165) is 0 Å². The predicted molar refractivity (Wildman–Crippen MR) is 65.4 cm³/mol. The average Bonchev–Trinajstić information content (AvgIpc) is 2.31. The van der Waals surface area contributed by atoms with E-state index in [1.165, 1.54) is 0 Å². The summed E-state index contributed by atoms with van der Waals surface area (Å²) in [6.45, 7) is 0. The van der Waals surface area contributed by atoms with Crippen molar-refractivity contribution in [3.8, 4) is 0 Å². The molecule has 0 aromatic rings. The number of carbonyl (C=O) groups excluding carboxylic acids is 1. The van der Waals surface area contributed by atoms with Crippen LogP contribution in [0.1, 0.15) is 19.3 Å². The first-order valence-electron chi connectivity index (χ1n) is 5.31. The van der Waals surface area contributed by atoms with Crippen molar-refractivity contribution in [3.05, 3.63) is 0 Å². The van der Waals surface area contributed by atoms with Gasteiger partial charge in [0.15, 0.2) is 0 Å². The number of nitrogens with two attached hydrogens (primary N) is 2. The molecule has 0 aliphatic carbocycles. The molecule has 0 saturated heterocycles. The van der Waals surface area contributed by atoms with E-state index in [0.29, 0.717) is 0 Å². The normalized spacial score (nSPS) is 15.7. The van der Waals surface area contributed by atoms with E-state index in [9.17, 15) is 14.4 Å². The molecule has 18 heavy (non-hydrogen) atoms. The summed E-state index contributed by atoms with van der Waals surface area (Å²) in [6.07, 6.45) is -0.0736. The van der Waals surface area contributed by atoms with E-state index in [1.54, 1.807) is 5.82 Å². The van der Waals surface area contributed by atoms with Gasteiger partial charge >= 0.3 is 111 Å². The Bertz CT molecular complexity index is 323. The zero-order chi connectivity index (χ0) is 14.3. The van der Waals surface area contributed by atoms with Gasteiger partial charge in [0.25, 0.3) is 0 Å². The summed E-state index contributed by atoms with van der Waals surface area (Å²) < 4.78 is 0. The predicted octanol–water partition coefficient (Wildman–Crippen LogP) is -0.910. The van der Waals surface area contributed by atoms with Gasteiger partial charge < -0.3 is 0 Å². The van der Waals surface area contributed by atoms with Crippen molar-refractivity contribution in [1.82, 2.24) is 0 Å². The number of aliphatic carboxylic acids is 2. The Morgan fingerprint density at radius 1 is 1.17 bits per heavy atom. The van der Waals surface area contributed by atoms with Crippen molar-refractivity contribution in [2.75, 3.05) is 0 Å². The fourth-order valence-electron chi connectivity index (χ4n) is 1.32. The van der Waals surface area contributed by atoms with Crippen molar-refractivity contribution in [3.63, 3.8) is 0 Å². The van der Waals surface area contributed by atoms with Crippen LogP contribution in [-0.2, 0) is 14.4 Å². The molecular formula is C10H18N2O5Se. The third-order valence-corrected chi connectivity index (χ3v) is 4.51. The molecule has 0 aliphatic rings. The van der Waals surface area contributed by atoms with Crippen LogP contribution in [0.15, 0.2) is 0 Å². The van der Waals surface area contributed by atoms with Crippen LogP contribution in [0.5, 0.6) is 0 Å². The molecule has 0 amide bonds. The van der Waals surface area contributed by atoms with E-state index < -0.39 is 28.8 Å². The SMILES string of the molecule is C[Se]C(C[C@H](N)C(=O)O)C(=O)[C@@H](N)CCC(=O)O. The second-order valence-electron chi connectivity index (χ2n) is 3.85. The Balaban J connectivity index is 4.41. The Morgan fingerprint density at radius 3 is 2.11 bits per heavy atom. The summed E-state index contributed by atoms with van der Waals surface area (Å²) in [7, 11) is 0. The van der Waals surface area contributed by atoms with Gasteiger partial charge in [-0.05, 0) is 0 Å². The van der Waals surface area contributed by atoms with Crippen LogP contribution < -0.4 is 11.5 Å². The van der Waals surface area contributed by atoms with Gasteiger partial charge in [-0.2, -0.15) is 0 Å². The van der Waals surface area contributed by atoms with Gasteiger partial charge in [-0.1, -0.05) is 0 Å². The standard InChI is InChI=1S/C10H18N2O5Se/c1-18-7(4-6(12)10(16)17)9(15)5(11)2-3-8(13)14/h5-7H,2-4,11-12H2,1H3,(H,13,14)(H,16,17)/t5-,6-,7?/m0/s1. The van der Waals surface area contributed by atoms with E-state index in [2.05, 4.69) is 0 Å². The molecule has 0 fully saturated rings. The van der Waals surface area contributed by atoms with Crippen LogP contribution in [0.4, 0.5) is 0 Å². The van der Waals surface area contributed by atoms with E-state index in [4.69, 9.17) is 21.7 Å². The molecule has 0 saturated carbocycles. The number of hydrogen-bond donors (Lipinski definition) is 4. The molecule has 0 aliphatic heterocycles. The van der Waals surface area contributed by atoms with Gasteiger partial charge in [-0.3, -0.25) is 0 Å². The maximum atomic E-state index is 11.9. The summed E-state index contributed by atoms with van der Waals surface area (Å²) in [4.78, 5) is 32.4. The fourth-order valence-corrected chi connectivity index (χ4v) is 3.01. The van der Waals surface area contributed by atoms with Crippen LogP contribution in [-0.4, -0.2) is 55.0 Å². The Hall–Kier alpha value is -0.951. The first kappa shape index (κ1) is 17.0. The molecule has 1 unspecified atom stereocenters. The zero-order valence-corrected chi connectivity index (χ0v) is 11.7. The summed E-state index contributed by atoms with van der Waals surface area (Å²) >= 11 is -0.120. The summed E-state index contributed by atoms with van der Waals surface area (Å²) in [6, 6.07) is -1.96.